The number of carbonyl (C=O) groups excluding carboxylic acids is 4. The number of methoxy groups -OCH3 is 1. The molecule has 2 aromatic carbocycles. The fraction of sp³-hybridized carbons (Fsp3) is 0.167. The highest BCUT2D eigenvalue weighted by Gasteiger charge is 2.37. The van der Waals surface area contributed by atoms with E-state index in [9.17, 15) is 19.2 Å². The summed E-state index contributed by atoms with van der Waals surface area (Å²) in [4.78, 5) is 51.2. The number of urea groups is 1. The number of aryl methyl sites for hydroxylation is 1. The van der Waals surface area contributed by atoms with Crippen molar-refractivity contribution in [2.24, 2.45) is 0 Å². The van der Waals surface area contributed by atoms with Gasteiger partial charge in [0.05, 0.1) is 12.8 Å². The molecule has 0 aliphatic carbocycles. The minimum absolute atomic E-state index is 0.0190. The Kier molecular flexibility index (Phi) is 5.59. The van der Waals surface area contributed by atoms with Crippen molar-refractivity contribution in [3.8, 4) is 0 Å². The van der Waals surface area contributed by atoms with E-state index in [4.69, 9.17) is 4.74 Å². The van der Waals surface area contributed by atoms with Gasteiger partial charge in [-0.15, -0.1) is 0 Å². The topological polar surface area (TPSA) is 97.7 Å². The molecule has 1 aromatic heterocycles. The summed E-state index contributed by atoms with van der Waals surface area (Å²) >= 11 is 0. The fourth-order valence-electron chi connectivity index (χ4n) is 3.78. The third-order valence-electron chi connectivity index (χ3n) is 5.36. The standard InChI is InChI=1S/C24H21N3O5/c1-3-15-8-4-6-10-19(15)27-23(30)18(22(29)25-24(27)31)12-16-13-26(14-21(28)32-2)20-11-7-5-9-17(16)20/h4-13H,3,14H2,1-2H3,(H,25,29,31). The lowest BCUT2D eigenvalue weighted by Gasteiger charge is -2.27. The van der Waals surface area contributed by atoms with Gasteiger partial charge in [0.2, 0.25) is 0 Å². The van der Waals surface area contributed by atoms with Crippen LogP contribution in [-0.4, -0.2) is 35.5 Å². The minimum atomic E-state index is -0.786. The molecule has 1 fully saturated rings. The number of imide groups is 2. The van der Waals surface area contributed by atoms with Crippen LogP contribution in [0, 0.1) is 0 Å². The lowest BCUT2D eigenvalue weighted by Crippen LogP contribution is -2.54. The SMILES string of the molecule is CCc1ccccc1N1C(=O)NC(=O)C(=Cc2cn(CC(=O)OC)c3ccccc23)C1=O. The molecule has 8 nitrogen and oxygen atoms in total. The monoisotopic (exact) mass is 431 g/mol. The van der Waals surface area contributed by atoms with Gasteiger partial charge in [0.15, 0.2) is 0 Å². The first-order valence-electron chi connectivity index (χ1n) is 10.1. The number of anilines is 1. The number of ether oxygens (including phenoxy) is 1. The summed E-state index contributed by atoms with van der Waals surface area (Å²) < 4.78 is 6.44. The quantitative estimate of drug-likeness (QED) is 0.380. The first kappa shape index (κ1) is 21.0. The number of hydrogen-bond acceptors (Lipinski definition) is 5. The summed E-state index contributed by atoms with van der Waals surface area (Å²) in [6.07, 6.45) is 3.74. The van der Waals surface area contributed by atoms with Crippen molar-refractivity contribution < 1.29 is 23.9 Å². The maximum Gasteiger partial charge on any atom is 0.335 e. The highest BCUT2D eigenvalue weighted by Crippen LogP contribution is 2.28. The summed E-state index contributed by atoms with van der Waals surface area (Å²) in [7, 11) is 1.31. The van der Waals surface area contributed by atoms with E-state index in [1.165, 1.54) is 13.2 Å². The van der Waals surface area contributed by atoms with Crippen molar-refractivity contribution in [3.63, 3.8) is 0 Å². The molecule has 2 heterocycles. The zero-order valence-corrected chi connectivity index (χ0v) is 17.6. The van der Waals surface area contributed by atoms with E-state index >= 15 is 0 Å². The molecule has 0 atom stereocenters. The summed E-state index contributed by atoms with van der Waals surface area (Å²) in [5.74, 6) is -1.90. The normalized spacial score (nSPS) is 15.4. The summed E-state index contributed by atoms with van der Waals surface area (Å²) in [6, 6.07) is 13.6. The molecule has 1 aliphatic rings. The number of benzene rings is 2. The Bertz CT molecular complexity index is 1290. The van der Waals surface area contributed by atoms with Crippen molar-refractivity contribution in [1.82, 2.24) is 9.88 Å². The van der Waals surface area contributed by atoms with Gasteiger partial charge >= 0.3 is 12.0 Å². The Labute approximate surface area is 184 Å². The molecule has 1 aliphatic heterocycles. The van der Waals surface area contributed by atoms with Crippen molar-refractivity contribution >= 4 is 46.5 Å². The Hall–Kier alpha value is -4.20. The van der Waals surface area contributed by atoms with E-state index in [1.54, 1.807) is 22.9 Å². The van der Waals surface area contributed by atoms with E-state index in [-0.39, 0.29) is 12.1 Å². The van der Waals surface area contributed by atoms with Gasteiger partial charge in [0, 0.05) is 22.7 Å². The van der Waals surface area contributed by atoms with Crippen LogP contribution in [0.15, 0.2) is 60.3 Å². The van der Waals surface area contributed by atoms with Gasteiger partial charge < -0.3 is 9.30 Å². The van der Waals surface area contributed by atoms with Crippen LogP contribution in [0.5, 0.6) is 0 Å². The predicted molar refractivity (Wildman–Crippen MR) is 119 cm³/mol. The maximum absolute atomic E-state index is 13.3. The Morgan fingerprint density at radius 3 is 2.53 bits per heavy atom. The highest BCUT2D eigenvalue weighted by molar-refractivity contribution is 6.39. The molecule has 3 aromatic rings. The summed E-state index contributed by atoms with van der Waals surface area (Å²) in [5, 5.41) is 3.01. The van der Waals surface area contributed by atoms with E-state index in [2.05, 4.69) is 5.32 Å². The molecule has 4 rings (SSSR count). The molecule has 0 bridgehead atoms. The molecule has 0 radical (unpaired) electrons. The van der Waals surface area contributed by atoms with Crippen LogP contribution in [0.25, 0.3) is 17.0 Å². The second-order valence-electron chi connectivity index (χ2n) is 7.25. The molecule has 8 heteroatoms. The van der Waals surface area contributed by atoms with Crippen molar-refractivity contribution in [2.75, 3.05) is 12.0 Å². The second-order valence-corrected chi connectivity index (χ2v) is 7.25. The van der Waals surface area contributed by atoms with Crippen LogP contribution >= 0.6 is 0 Å². The molecule has 1 N–H and O–H groups in total. The number of esters is 1. The molecule has 162 valence electrons. The number of amides is 4. The Morgan fingerprint density at radius 1 is 1.06 bits per heavy atom. The molecule has 32 heavy (non-hydrogen) atoms. The second kappa shape index (κ2) is 8.50. The van der Waals surface area contributed by atoms with Crippen LogP contribution in [0.1, 0.15) is 18.1 Å². The average molecular weight is 431 g/mol. The van der Waals surface area contributed by atoms with Crippen LogP contribution in [-0.2, 0) is 32.1 Å². The van der Waals surface area contributed by atoms with Crippen molar-refractivity contribution in [1.29, 1.82) is 0 Å². The van der Waals surface area contributed by atoms with Crippen LogP contribution in [0.2, 0.25) is 0 Å². The predicted octanol–water partition coefficient (Wildman–Crippen LogP) is 3.04. The molecular formula is C24H21N3O5. The zero-order chi connectivity index (χ0) is 22.8. The molecule has 0 spiro atoms. The van der Waals surface area contributed by atoms with Gasteiger partial charge in [-0.3, -0.25) is 19.7 Å². The highest BCUT2D eigenvalue weighted by atomic mass is 16.5. The van der Waals surface area contributed by atoms with Crippen molar-refractivity contribution in [3.05, 3.63) is 71.4 Å². The lowest BCUT2D eigenvalue weighted by atomic mass is 10.0. The van der Waals surface area contributed by atoms with Gasteiger partial charge in [-0.2, -0.15) is 0 Å². The number of rotatable bonds is 5. The van der Waals surface area contributed by atoms with Crippen LogP contribution in [0.4, 0.5) is 10.5 Å². The van der Waals surface area contributed by atoms with Gasteiger partial charge in [-0.1, -0.05) is 43.3 Å². The summed E-state index contributed by atoms with van der Waals surface area (Å²) in [5.41, 5.74) is 2.39. The largest absolute Gasteiger partial charge is 0.468 e. The van der Waals surface area contributed by atoms with Crippen LogP contribution in [0.3, 0.4) is 0 Å². The average Bonchev–Trinajstić information content (AvgIpc) is 3.14. The number of aromatic nitrogens is 1. The zero-order valence-electron chi connectivity index (χ0n) is 17.6. The van der Waals surface area contributed by atoms with Crippen molar-refractivity contribution in [2.45, 2.75) is 19.9 Å². The first-order chi connectivity index (χ1) is 15.4. The Balaban J connectivity index is 1.81. The molecule has 0 unspecified atom stereocenters. The van der Waals surface area contributed by atoms with E-state index in [0.29, 0.717) is 17.7 Å². The molecule has 4 amide bonds. The number of nitrogens with zero attached hydrogens (tertiary/aromatic N) is 2. The summed E-state index contributed by atoms with van der Waals surface area (Å²) in [6.45, 7) is 1.90. The third-order valence-corrected chi connectivity index (χ3v) is 5.36. The van der Waals surface area contributed by atoms with E-state index in [1.807, 2.05) is 43.3 Å². The van der Waals surface area contributed by atoms with Gasteiger partial charge in [0.1, 0.15) is 12.1 Å². The van der Waals surface area contributed by atoms with E-state index in [0.717, 1.165) is 21.4 Å². The van der Waals surface area contributed by atoms with Crippen LogP contribution < -0.4 is 10.2 Å². The van der Waals surface area contributed by atoms with Gasteiger partial charge in [0.25, 0.3) is 11.8 Å². The lowest BCUT2D eigenvalue weighted by molar-refractivity contribution is -0.141. The minimum Gasteiger partial charge on any atom is -0.468 e. The molecule has 0 saturated carbocycles. The fourth-order valence-corrected chi connectivity index (χ4v) is 3.78. The maximum atomic E-state index is 13.3. The molecular weight excluding hydrogens is 410 g/mol. The smallest absolute Gasteiger partial charge is 0.335 e. The third kappa shape index (κ3) is 3.66. The number of nitrogens with one attached hydrogen (secondary N) is 1. The van der Waals surface area contributed by atoms with Gasteiger partial charge in [-0.25, -0.2) is 9.69 Å². The van der Waals surface area contributed by atoms with E-state index < -0.39 is 23.8 Å². The number of carbonyl (C=O) groups is 4. The van der Waals surface area contributed by atoms with Gasteiger partial charge in [-0.05, 0) is 30.2 Å². The number of barbiturate groups is 1. The first-order valence-corrected chi connectivity index (χ1v) is 10.1. The number of hydrogen-bond donors (Lipinski definition) is 1. The molecule has 1 saturated heterocycles. The Morgan fingerprint density at radius 2 is 1.78 bits per heavy atom. The number of para-hydroxylation sites is 2. The number of fused-ring (bicyclic) bond motifs is 1.